The SMILES string of the molecule is CCC1=NC(Cl)N(C#N)C=C1. The Hall–Kier alpha value is -1.01. The smallest absolute Gasteiger partial charge is 0.209 e. The van der Waals surface area contributed by atoms with Gasteiger partial charge in [0.1, 0.15) is 0 Å². The summed E-state index contributed by atoms with van der Waals surface area (Å²) in [5, 5.41) is 8.49. The van der Waals surface area contributed by atoms with Crippen molar-refractivity contribution in [1.29, 1.82) is 5.26 Å². The maximum atomic E-state index is 8.49. The molecular formula is C7H8ClN3. The Bertz CT molecular complexity index is 239. The van der Waals surface area contributed by atoms with Crippen molar-refractivity contribution < 1.29 is 0 Å². The molecule has 0 saturated heterocycles. The summed E-state index contributed by atoms with van der Waals surface area (Å²) < 4.78 is 0. The highest BCUT2D eigenvalue weighted by Gasteiger charge is 2.13. The van der Waals surface area contributed by atoms with Gasteiger partial charge >= 0.3 is 0 Å². The molecule has 1 unspecified atom stereocenters. The van der Waals surface area contributed by atoms with Crippen LogP contribution in [0.4, 0.5) is 0 Å². The third-order valence-electron chi connectivity index (χ3n) is 1.41. The van der Waals surface area contributed by atoms with Crippen LogP contribution in [0.15, 0.2) is 17.3 Å². The first-order valence-corrected chi connectivity index (χ1v) is 3.78. The van der Waals surface area contributed by atoms with E-state index in [4.69, 9.17) is 16.9 Å². The molecule has 0 fully saturated rings. The molecule has 0 aromatic rings. The van der Waals surface area contributed by atoms with E-state index in [0.29, 0.717) is 0 Å². The largest absolute Gasteiger partial charge is 0.249 e. The fraction of sp³-hybridized carbons (Fsp3) is 0.429. The Morgan fingerprint density at radius 3 is 3.09 bits per heavy atom. The summed E-state index contributed by atoms with van der Waals surface area (Å²) in [4.78, 5) is 5.34. The van der Waals surface area contributed by atoms with E-state index in [-0.39, 0.29) is 0 Å². The average molecular weight is 170 g/mol. The predicted molar refractivity (Wildman–Crippen MR) is 44.0 cm³/mol. The topological polar surface area (TPSA) is 39.4 Å². The van der Waals surface area contributed by atoms with Gasteiger partial charge < -0.3 is 0 Å². The lowest BCUT2D eigenvalue weighted by Gasteiger charge is -2.18. The number of halogens is 1. The van der Waals surface area contributed by atoms with Crippen molar-refractivity contribution in [2.75, 3.05) is 0 Å². The third kappa shape index (κ3) is 1.72. The fourth-order valence-electron chi connectivity index (χ4n) is 0.770. The number of alkyl halides is 1. The van der Waals surface area contributed by atoms with Crippen LogP contribution >= 0.6 is 11.6 Å². The second-order valence-electron chi connectivity index (χ2n) is 2.11. The van der Waals surface area contributed by atoms with E-state index in [2.05, 4.69) is 4.99 Å². The summed E-state index contributed by atoms with van der Waals surface area (Å²) in [6.07, 6.45) is 6.19. The zero-order valence-electron chi connectivity index (χ0n) is 6.16. The van der Waals surface area contributed by atoms with E-state index in [1.807, 2.05) is 13.1 Å². The quantitative estimate of drug-likeness (QED) is 0.340. The van der Waals surface area contributed by atoms with Crippen molar-refractivity contribution in [2.24, 2.45) is 4.99 Å². The van der Waals surface area contributed by atoms with Gasteiger partial charge in [-0.05, 0) is 12.5 Å². The van der Waals surface area contributed by atoms with Gasteiger partial charge in [-0.25, -0.2) is 9.89 Å². The lowest BCUT2D eigenvalue weighted by molar-refractivity contribution is 0.490. The molecule has 4 heteroatoms. The molecule has 1 heterocycles. The summed E-state index contributed by atoms with van der Waals surface area (Å²) in [5.41, 5.74) is 0.372. The molecule has 1 aliphatic rings. The van der Waals surface area contributed by atoms with Gasteiger partial charge in [-0.2, -0.15) is 5.26 Å². The Morgan fingerprint density at radius 1 is 1.91 bits per heavy atom. The minimum absolute atomic E-state index is 0.556. The fourth-order valence-corrected chi connectivity index (χ4v) is 1.00. The second-order valence-corrected chi connectivity index (χ2v) is 2.50. The monoisotopic (exact) mass is 169 g/mol. The van der Waals surface area contributed by atoms with Gasteiger partial charge in [-0.1, -0.05) is 18.5 Å². The molecular weight excluding hydrogens is 162 g/mol. The number of nitriles is 1. The van der Waals surface area contributed by atoms with Crippen molar-refractivity contribution in [3.63, 3.8) is 0 Å². The summed E-state index contributed by atoms with van der Waals surface area (Å²) >= 11 is 5.72. The van der Waals surface area contributed by atoms with Gasteiger partial charge in [0, 0.05) is 11.9 Å². The summed E-state index contributed by atoms with van der Waals surface area (Å²) in [6.45, 7) is 1.99. The Kier molecular flexibility index (Phi) is 2.50. The molecule has 0 spiro atoms. The molecule has 0 amide bonds. The summed E-state index contributed by atoms with van der Waals surface area (Å²) in [5.74, 6) is 0. The molecule has 0 saturated carbocycles. The standard InChI is InChI=1S/C7H8ClN3/c1-2-6-3-4-11(5-9)7(8)10-6/h3-4,7H,2H2,1H3. The Morgan fingerprint density at radius 2 is 2.64 bits per heavy atom. The zero-order chi connectivity index (χ0) is 8.27. The van der Waals surface area contributed by atoms with Crippen molar-refractivity contribution in [3.8, 4) is 6.19 Å². The molecule has 1 rings (SSSR count). The van der Waals surface area contributed by atoms with Crippen LogP contribution < -0.4 is 0 Å². The highest BCUT2D eigenvalue weighted by atomic mass is 35.5. The first-order valence-electron chi connectivity index (χ1n) is 3.35. The summed E-state index contributed by atoms with van der Waals surface area (Å²) in [6, 6.07) is 0. The Labute approximate surface area is 70.6 Å². The van der Waals surface area contributed by atoms with Crippen LogP contribution in [0.2, 0.25) is 0 Å². The van der Waals surface area contributed by atoms with Crippen LogP contribution in [0.3, 0.4) is 0 Å². The minimum Gasteiger partial charge on any atom is -0.249 e. The van der Waals surface area contributed by atoms with Crippen molar-refractivity contribution >= 4 is 17.3 Å². The van der Waals surface area contributed by atoms with Crippen LogP contribution in [0.25, 0.3) is 0 Å². The molecule has 0 N–H and O–H groups in total. The van der Waals surface area contributed by atoms with E-state index >= 15 is 0 Å². The maximum absolute atomic E-state index is 8.49. The van der Waals surface area contributed by atoms with E-state index in [9.17, 15) is 0 Å². The van der Waals surface area contributed by atoms with Crippen LogP contribution in [-0.2, 0) is 0 Å². The highest BCUT2D eigenvalue weighted by Crippen LogP contribution is 2.12. The summed E-state index contributed by atoms with van der Waals surface area (Å²) in [7, 11) is 0. The molecule has 0 bridgehead atoms. The van der Waals surface area contributed by atoms with E-state index in [1.165, 1.54) is 4.90 Å². The molecule has 0 radical (unpaired) electrons. The highest BCUT2D eigenvalue weighted by molar-refractivity contribution is 6.21. The van der Waals surface area contributed by atoms with Gasteiger partial charge in [-0.3, -0.25) is 0 Å². The van der Waals surface area contributed by atoms with Crippen LogP contribution in [0.1, 0.15) is 13.3 Å². The normalized spacial score (nSPS) is 22.8. The van der Waals surface area contributed by atoms with Crippen LogP contribution in [0, 0.1) is 11.5 Å². The molecule has 11 heavy (non-hydrogen) atoms. The van der Waals surface area contributed by atoms with Crippen LogP contribution in [0.5, 0.6) is 0 Å². The number of aliphatic imine (C=N–C) groups is 1. The van der Waals surface area contributed by atoms with Crippen LogP contribution in [-0.4, -0.2) is 16.2 Å². The molecule has 0 aromatic carbocycles. The predicted octanol–water partition coefficient (Wildman–Crippen LogP) is 1.67. The molecule has 0 aliphatic carbocycles. The number of nitrogens with zero attached hydrogens (tertiary/aromatic N) is 3. The molecule has 1 aliphatic heterocycles. The molecule has 1 atom stereocenters. The average Bonchev–Trinajstić information content (AvgIpc) is 2.04. The lowest BCUT2D eigenvalue weighted by Crippen LogP contribution is -2.23. The Balaban J connectivity index is 2.73. The van der Waals surface area contributed by atoms with Crippen molar-refractivity contribution in [2.45, 2.75) is 19.0 Å². The van der Waals surface area contributed by atoms with E-state index < -0.39 is 5.62 Å². The maximum Gasteiger partial charge on any atom is 0.209 e. The number of allylic oxidation sites excluding steroid dienone is 1. The first kappa shape index (κ1) is 8.09. The number of hydrogen-bond acceptors (Lipinski definition) is 3. The lowest BCUT2D eigenvalue weighted by atomic mass is 10.3. The van der Waals surface area contributed by atoms with Gasteiger partial charge in [0.2, 0.25) is 5.62 Å². The van der Waals surface area contributed by atoms with Gasteiger partial charge in [-0.15, -0.1) is 0 Å². The second kappa shape index (κ2) is 3.40. The molecule has 3 nitrogen and oxygen atoms in total. The number of rotatable bonds is 1. The molecule has 0 aromatic heterocycles. The van der Waals surface area contributed by atoms with Gasteiger partial charge in [0.25, 0.3) is 0 Å². The van der Waals surface area contributed by atoms with E-state index in [1.54, 1.807) is 12.3 Å². The van der Waals surface area contributed by atoms with E-state index in [0.717, 1.165) is 12.1 Å². The van der Waals surface area contributed by atoms with Gasteiger partial charge in [0.15, 0.2) is 6.19 Å². The van der Waals surface area contributed by atoms with Gasteiger partial charge in [0.05, 0.1) is 0 Å². The van der Waals surface area contributed by atoms with Crippen molar-refractivity contribution in [3.05, 3.63) is 12.3 Å². The van der Waals surface area contributed by atoms with Crippen molar-refractivity contribution in [1.82, 2.24) is 4.90 Å². The molecule has 58 valence electrons. The third-order valence-corrected chi connectivity index (χ3v) is 1.71. The zero-order valence-corrected chi connectivity index (χ0v) is 6.91. The first-order chi connectivity index (χ1) is 5.27. The number of hydrogen-bond donors (Lipinski definition) is 0. The minimum atomic E-state index is -0.556.